The highest BCUT2D eigenvalue weighted by Crippen LogP contribution is 2.36. The number of halogens is 2. The van der Waals surface area contributed by atoms with Crippen LogP contribution in [0.4, 0.5) is 8.78 Å². The van der Waals surface area contributed by atoms with Crippen molar-refractivity contribution in [2.45, 2.75) is 38.6 Å². The van der Waals surface area contributed by atoms with Gasteiger partial charge in [-0.2, -0.15) is 0 Å². The van der Waals surface area contributed by atoms with E-state index in [1.54, 1.807) is 19.9 Å². The molecule has 7 nitrogen and oxygen atoms in total. The van der Waals surface area contributed by atoms with E-state index in [2.05, 4.69) is 14.3 Å². The average Bonchev–Trinajstić information content (AvgIpc) is 2.90. The first-order valence-corrected chi connectivity index (χ1v) is 12.0. The fourth-order valence-corrected chi connectivity index (χ4v) is 6.71. The van der Waals surface area contributed by atoms with Crippen molar-refractivity contribution >= 4 is 21.7 Å². The van der Waals surface area contributed by atoms with Crippen molar-refractivity contribution in [1.82, 2.24) is 9.29 Å². The van der Waals surface area contributed by atoms with E-state index in [0.717, 1.165) is 19.0 Å². The zero-order chi connectivity index (χ0) is 23.1. The van der Waals surface area contributed by atoms with Gasteiger partial charge in [0.1, 0.15) is 32.8 Å². The molecular weight excluding hydrogens is 436 g/mol. The van der Waals surface area contributed by atoms with Gasteiger partial charge in [0.05, 0.1) is 18.5 Å². The molecule has 0 aliphatic carbocycles. The summed E-state index contributed by atoms with van der Waals surface area (Å²) in [6.07, 6.45) is 2.56. The average molecular weight is 462 g/mol. The van der Waals surface area contributed by atoms with Crippen LogP contribution >= 0.6 is 0 Å². The lowest BCUT2D eigenvalue weighted by molar-refractivity contribution is 0.0987. The summed E-state index contributed by atoms with van der Waals surface area (Å²) in [5, 5.41) is 0. The van der Waals surface area contributed by atoms with Crippen LogP contribution in [0.2, 0.25) is 0 Å². The van der Waals surface area contributed by atoms with Crippen LogP contribution in [0.5, 0.6) is 0 Å². The molecule has 0 fully saturated rings. The van der Waals surface area contributed by atoms with Gasteiger partial charge < -0.3 is 5.73 Å². The summed E-state index contributed by atoms with van der Waals surface area (Å²) < 4.78 is 47.8. The van der Waals surface area contributed by atoms with E-state index in [4.69, 9.17) is 5.73 Å². The Morgan fingerprint density at radius 2 is 2.06 bits per heavy atom. The smallest absolute Gasteiger partial charge is 0.204 e. The number of carbonyl (C=O) groups is 1. The summed E-state index contributed by atoms with van der Waals surface area (Å²) in [5.74, 6) is -1.26. The number of Topliss-reactive ketones (excluding diaryl/α,β-unsaturated/α-hetero) is 1. The summed E-state index contributed by atoms with van der Waals surface area (Å²) >= 11 is 0. The number of rotatable bonds is 4. The SMILES string of the molecule is Cc1cc(F)cnc1C(=O)Cc1ccc(F)c([C@]2(C)C[S@@]3(=O)=NCCCCN3C(N)=N2)c1. The van der Waals surface area contributed by atoms with Crippen LogP contribution in [0.25, 0.3) is 0 Å². The van der Waals surface area contributed by atoms with Crippen molar-refractivity contribution in [3.8, 4) is 0 Å². The number of aliphatic imine (C=N–C) groups is 1. The fraction of sp³-hybridized carbons (Fsp3) is 0.409. The van der Waals surface area contributed by atoms with Crippen LogP contribution in [0.15, 0.2) is 39.8 Å². The number of aromatic nitrogens is 1. The van der Waals surface area contributed by atoms with Gasteiger partial charge in [0.15, 0.2) is 5.78 Å². The Kier molecular flexibility index (Phi) is 5.74. The molecule has 0 amide bonds. The molecule has 0 bridgehead atoms. The number of nitrogens with two attached hydrogens (primary N) is 1. The third-order valence-corrected chi connectivity index (χ3v) is 8.36. The van der Waals surface area contributed by atoms with E-state index < -0.39 is 27.1 Å². The van der Waals surface area contributed by atoms with Gasteiger partial charge in [-0.15, -0.1) is 0 Å². The molecule has 0 radical (unpaired) electrons. The lowest BCUT2D eigenvalue weighted by Crippen LogP contribution is -2.52. The number of benzene rings is 1. The number of hydrogen-bond donors (Lipinski definition) is 1. The maximum absolute atomic E-state index is 14.9. The van der Waals surface area contributed by atoms with Gasteiger partial charge in [-0.1, -0.05) is 6.07 Å². The first-order valence-electron chi connectivity index (χ1n) is 10.4. The second-order valence-corrected chi connectivity index (χ2v) is 10.6. The molecule has 0 saturated heterocycles. The molecule has 0 unspecified atom stereocenters. The molecule has 4 rings (SSSR count). The van der Waals surface area contributed by atoms with Crippen molar-refractivity contribution in [3.63, 3.8) is 0 Å². The fourth-order valence-electron chi connectivity index (χ4n) is 4.21. The number of carbonyl (C=O) groups excluding carboxylic acids is 1. The van der Waals surface area contributed by atoms with Crippen LogP contribution in [0.3, 0.4) is 0 Å². The largest absolute Gasteiger partial charge is 0.369 e. The normalized spacial score (nSPS) is 25.4. The maximum atomic E-state index is 14.9. The van der Waals surface area contributed by atoms with Crippen molar-refractivity contribution in [3.05, 3.63) is 64.5 Å². The topological polar surface area (TPSA) is 101 Å². The highest BCUT2D eigenvalue weighted by atomic mass is 32.2. The molecule has 2 N–H and O–H groups in total. The molecule has 2 aliphatic heterocycles. The number of aryl methyl sites for hydroxylation is 1. The Hall–Kier alpha value is -2.88. The third kappa shape index (κ3) is 4.11. The number of ketones is 1. The van der Waals surface area contributed by atoms with Gasteiger partial charge in [0.25, 0.3) is 0 Å². The van der Waals surface area contributed by atoms with Gasteiger partial charge in [-0.25, -0.2) is 27.3 Å². The molecule has 10 heteroatoms. The van der Waals surface area contributed by atoms with E-state index >= 15 is 0 Å². The Balaban J connectivity index is 1.70. The number of guanidine groups is 1. The molecular formula is C22H25F2N5O2S. The van der Waals surface area contributed by atoms with E-state index in [-0.39, 0.29) is 35.2 Å². The van der Waals surface area contributed by atoms with E-state index in [9.17, 15) is 17.8 Å². The molecule has 0 saturated carbocycles. The second kappa shape index (κ2) is 8.23. The van der Waals surface area contributed by atoms with Crippen LogP contribution in [0.1, 0.15) is 46.9 Å². The number of fused-ring (bicyclic) bond motifs is 1. The quantitative estimate of drug-likeness (QED) is 0.707. The molecule has 32 heavy (non-hydrogen) atoms. The molecule has 1 aromatic carbocycles. The second-order valence-electron chi connectivity index (χ2n) is 8.39. The Morgan fingerprint density at radius 3 is 2.81 bits per heavy atom. The standard InChI is InChI=1S/C22H25F2N5O2S/c1-14-9-16(23)12-26-20(14)19(30)11-15-5-6-18(24)17(10-15)22(2)13-32(31)27-7-3-4-8-29(32)21(25)28-22/h5-6,9-10,12H,3-4,7-8,11,13H2,1-2H3,(H2,25,28)/t22-,32+/m0/s1. The van der Waals surface area contributed by atoms with E-state index in [1.807, 2.05) is 0 Å². The van der Waals surface area contributed by atoms with Crippen LogP contribution < -0.4 is 5.73 Å². The predicted octanol–water partition coefficient (Wildman–Crippen LogP) is 3.12. The van der Waals surface area contributed by atoms with Crippen molar-refractivity contribution in [2.75, 3.05) is 18.8 Å². The van der Waals surface area contributed by atoms with Crippen LogP contribution in [-0.4, -0.2) is 44.1 Å². The summed E-state index contributed by atoms with van der Waals surface area (Å²) in [5.41, 5.74) is 6.30. The van der Waals surface area contributed by atoms with Crippen molar-refractivity contribution < 1.29 is 17.8 Å². The Morgan fingerprint density at radius 1 is 1.28 bits per heavy atom. The van der Waals surface area contributed by atoms with Gasteiger partial charge in [-0.05, 0) is 56.0 Å². The van der Waals surface area contributed by atoms with Crippen molar-refractivity contribution in [2.24, 2.45) is 15.1 Å². The minimum Gasteiger partial charge on any atom is -0.369 e. The van der Waals surface area contributed by atoms with Gasteiger partial charge >= 0.3 is 0 Å². The Labute approximate surface area is 186 Å². The van der Waals surface area contributed by atoms with Gasteiger partial charge in [-0.3, -0.25) is 9.10 Å². The summed E-state index contributed by atoms with van der Waals surface area (Å²) in [7, 11) is -2.86. The third-order valence-electron chi connectivity index (χ3n) is 5.78. The van der Waals surface area contributed by atoms with E-state index in [0.29, 0.717) is 24.2 Å². The summed E-state index contributed by atoms with van der Waals surface area (Å²) in [4.78, 5) is 21.2. The lowest BCUT2D eigenvalue weighted by atomic mass is 9.91. The van der Waals surface area contributed by atoms with Crippen LogP contribution in [0, 0.1) is 18.6 Å². The molecule has 170 valence electrons. The predicted molar refractivity (Wildman–Crippen MR) is 119 cm³/mol. The maximum Gasteiger partial charge on any atom is 0.204 e. The molecule has 2 atom stereocenters. The molecule has 1 aromatic heterocycles. The first-order chi connectivity index (χ1) is 15.1. The lowest BCUT2D eigenvalue weighted by Gasteiger charge is -2.38. The molecule has 0 spiro atoms. The monoisotopic (exact) mass is 461 g/mol. The van der Waals surface area contributed by atoms with Gasteiger partial charge in [0, 0.05) is 18.5 Å². The number of pyridine rings is 1. The Bertz CT molecular complexity index is 1240. The molecule has 2 aromatic rings. The van der Waals surface area contributed by atoms with Gasteiger partial charge in [0.2, 0.25) is 5.96 Å². The first kappa shape index (κ1) is 22.3. The van der Waals surface area contributed by atoms with Crippen molar-refractivity contribution in [1.29, 1.82) is 0 Å². The zero-order valence-corrected chi connectivity index (χ0v) is 18.8. The number of hydrogen-bond acceptors (Lipinski definition) is 6. The minimum atomic E-state index is -2.86. The number of nitrogens with zero attached hydrogens (tertiary/aromatic N) is 4. The molecule has 2 aliphatic rings. The van der Waals surface area contributed by atoms with Crippen LogP contribution in [-0.2, 0) is 21.9 Å². The molecule has 3 heterocycles. The summed E-state index contributed by atoms with van der Waals surface area (Å²) in [6, 6.07) is 5.58. The highest BCUT2D eigenvalue weighted by Gasteiger charge is 2.42. The summed E-state index contributed by atoms with van der Waals surface area (Å²) in [6.45, 7) is 4.24. The van der Waals surface area contributed by atoms with E-state index in [1.165, 1.54) is 22.5 Å². The minimum absolute atomic E-state index is 0.00758. The highest BCUT2D eigenvalue weighted by molar-refractivity contribution is 7.92. The zero-order valence-electron chi connectivity index (χ0n) is 18.0.